The number of carbonyl (C=O) groups excluding carboxylic acids is 2. The first-order valence-electron chi connectivity index (χ1n) is 10.1. The Morgan fingerprint density at radius 1 is 1.15 bits per heavy atom. The number of nitrogens with one attached hydrogen (secondary N) is 1. The first-order valence-corrected chi connectivity index (χ1v) is 12.2. The van der Waals surface area contributed by atoms with E-state index in [-0.39, 0.29) is 0 Å². The van der Waals surface area contributed by atoms with Gasteiger partial charge in [-0.3, -0.25) is 14.7 Å². The number of methoxy groups -OCH3 is 1. The van der Waals surface area contributed by atoms with E-state index in [9.17, 15) is 9.59 Å². The first-order chi connectivity index (χ1) is 16.5. The molecule has 0 bridgehead atoms. The fourth-order valence-electron chi connectivity index (χ4n) is 3.13. The van der Waals surface area contributed by atoms with Crippen LogP contribution in [-0.2, 0) is 9.53 Å². The molecule has 0 fully saturated rings. The van der Waals surface area contributed by atoms with E-state index in [1.54, 1.807) is 31.4 Å². The minimum absolute atomic E-state index is 0.336. The number of anilines is 1. The lowest BCUT2D eigenvalue weighted by atomic mass is 10.2. The maximum absolute atomic E-state index is 12.4. The van der Waals surface area contributed by atoms with E-state index < -0.39 is 18.5 Å². The van der Waals surface area contributed by atoms with Crippen LogP contribution in [0.15, 0.2) is 59.1 Å². The van der Waals surface area contributed by atoms with Crippen LogP contribution in [0, 0.1) is 6.92 Å². The van der Waals surface area contributed by atoms with Gasteiger partial charge in [0.25, 0.3) is 5.91 Å². The third-order valence-corrected chi connectivity index (χ3v) is 6.18. The van der Waals surface area contributed by atoms with Gasteiger partial charge in [0.1, 0.15) is 11.6 Å². The van der Waals surface area contributed by atoms with Crippen molar-refractivity contribution in [3.63, 3.8) is 0 Å². The minimum atomic E-state index is -0.594. The number of aryl methyl sites for hydroxylation is 1. The van der Waals surface area contributed by atoms with Crippen molar-refractivity contribution in [2.24, 2.45) is 0 Å². The van der Waals surface area contributed by atoms with Gasteiger partial charge < -0.3 is 9.47 Å². The summed E-state index contributed by atoms with van der Waals surface area (Å²) in [6.45, 7) is 1.44. The van der Waals surface area contributed by atoms with Crippen molar-refractivity contribution in [1.29, 1.82) is 0 Å². The number of amides is 1. The molecule has 0 atom stereocenters. The maximum atomic E-state index is 12.4. The van der Waals surface area contributed by atoms with E-state index in [1.807, 2.05) is 47.4 Å². The van der Waals surface area contributed by atoms with E-state index in [4.69, 9.17) is 9.47 Å². The van der Waals surface area contributed by atoms with E-state index in [0.29, 0.717) is 16.4 Å². The number of esters is 1. The molecule has 0 aliphatic heterocycles. The molecule has 2 heterocycles. The van der Waals surface area contributed by atoms with Crippen LogP contribution in [0.2, 0.25) is 0 Å². The number of hydrogen-bond donors (Lipinski definition) is 1. The molecule has 0 aliphatic rings. The van der Waals surface area contributed by atoms with Crippen molar-refractivity contribution in [3.05, 3.63) is 65.3 Å². The van der Waals surface area contributed by atoms with E-state index in [2.05, 4.69) is 20.5 Å². The van der Waals surface area contributed by atoms with Crippen molar-refractivity contribution in [2.45, 2.75) is 12.1 Å². The van der Waals surface area contributed by atoms with Gasteiger partial charge in [-0.15, -0.1) is 21.5 Å². The molecule has 9 nitrogen and oxygen atoms in total. The van der Waals surface area contributed by atoms with Gasteiger partial charge in [0.2, 0.25) is 0 Å². The molecule has 4 aromatic rings. The second-order valence-corrected chi connectivity index (χ2v) is 8.64. The summed E-state index contributed by atoms with van der Waals surface area (Å²) in [6.07, 6.45) is 1.92. The summed E-state index contributed by atoms with van der Waals surface area (Å²) in [6, 6.07) is 14.3. The predicted octanol–water partition coefficient (Wildman–Crippen LogP) is 4.23. The van der Waals surface area contributed by atoms with Crippen LogP contribution in [0.5, 0.6) is 5.75 Å². The molecule has 11 heteroatoms. The predicted molar refractivity (Wildman–Crippen MR) is 131 cm³/mol. The van der Waals surface area contributed by atoms with Gasteiger partial charge in [-0.05, 0) is 49.6 Å². The number of carbonyl (C=O) groups is 2. The average Bonchev–Trinajstić information content (AvgIpc) is 3.49. The third kappa shape index (κ3) is 5.26. The van der Waals surface area contributed by atoms with E-state index in [0.717, 1.165) is 28.0 Å². The molecule has 0 aliphatic carbocycles. The summed E-state index contributed by atoms with van der Waals surface area (Å²) in [5.41, 5.74) is 2.75. The zero-order valence-electron chi connectivity index (χ0n) is 18.6. The monoisotopic (exact) mass is 495 g/mol. The largest absolute Gasteiger partial charge is 0.497 e. The van der Waals surface area contributed by atoms with Crippen molar-refractivity contribution < 1.29 is 19.1 Å². The second kappa shape index (κ2) is 10.5. The van der Waals surface area contributed by atoms with Crippen molar-refractivity contribution in [1.82, 2.24) is 19.7 Å². The molecule has 0 saturated carbocycles. The van der Waals surface area contributed by atoms with Gasteiger partial charge in [-0.1, -0.05) is 23.9 Å². The first kappa shape index (κ1) is 23.5. The topological polar surface area (TPSA) is 108 Å². The van der Waals surface area contributed by atoms with Gasteiger partial charge in [-0.2, -0.15) is 0 Å². The van der Waals surface area contributed by atoms with Gasteiger partial charge in [0.05, 0.1) is 18.4 Å². The summed E-state index contributed by atoms with van der Waals surface area (Å²) in [5.74, 6) is 0.398. The quantitative estimate of drug-likeness (QED) is 0.286. The highest BCUT2D eigenvalue weighted by Gasteiger charge is 2.14. The molecular weight excluding hydrogens is 474 g/mol. The summed E-state index contributed by atoms with van der Waals surface area (Å²) < 4.78 is 12.3. The molecule has 1 amide bonds. The van der Waals surface area contributed by atoms with Crippen LogP contribution in [0.3, 0.4) is 0 Å². The lowest BCUT2D eigenvalue weighted by Crippen LogP contribution is -2.20. The molecule has 34 heavy (non-hydrogen) atoms. The molecule has 0 saturated heterocycles. The standard InChI is InChI=1S/C23H21N5O4S2/c1-14-26-27-23(33-3)28(14)17-9-7-15(8-10-17)21(30)32-12-20(29)25-22-24-19(13-34-22)16-5-4-6-18(11-16)31-2/h4-11,13H,12H2,1-3H3,(H,24,25,29). The van der Waals surface area contributed by atoms with Crippen LogP contribution in [-0.4, -0.2) is 51.6 Å². The highest BCUT2D eigenvalue weighted by atomic mass is 32.2. The summed E-state index contributed by atoms with van der Waals surface area (Å²) >= 11 is 2.76. The SMILES string of the molecule is COc1cccc(-c2csc(NC(=O)COC(=O)c3ccc(-n4c(C)nnc4SC)cc3)n2)c1. The summed E-state index contributed by atoms with van der Waals surface area (Å²) in [5, 5.41) is 13.8. The van der Waals surface area contributed by atoms with Gasteiger partial charge in [-0.25, -0.2) is 9.78 Å². The Morgan fingerprint density at radius 2 is 1.94 bits per heavy atom. The minimum Gasteiger partial charge on any atom is -0.497 e. The van der Waals surface area contributed by atoms with Gasteiger partial charge in [0.15, 0.2) is 16.9 Å². The van der Waals surface area contributed by atoms with Crippen molar-refractivity contribution in [3.8, 4) is 22.7 Å². The van der Waals surface area contributed by atoms with Crippen LogP contribution in [0.25, 0.3) is 16.9 Å². The van der Waals surface area contributed by atoms with Crippen molar-refractivity contribution in [2.75, 3.05) is 25.3 Å². The van der Waals surface area contributed by atoms with E-state index in [1.165, 1.54) is 23.1 Å². The highest BCUT2D eigenvalue weighted by molar-refractivity contribution is 7.98. The smallest absolute Gasteiger partial charge is 0.338 e. The Kier molecular flexibility index (Phi) is 7.24. The number of rotatable bonds is 8. The van der Waals surface area contributed by atoms with Crippen LogP contribution < -0.4 is 10.1 Å². The Labute approximate surface area is 204 Å². The van der Waals surface area contributed by atoms with Crippen LogP contribution in [0.1, 0.15) is 16.2 Å². The fourth-order valence-corrected chi connectivity index (χ4v) is 4.41. The Bertz CT molecular complexity index is 1320. The fraction of sp³-hybridized carbons (Fsp3) is 0.174. The zero-order valence-corrected chi connectivity index (χ0v) is 20.3. The molecule has 1 N–H and O–H groups in total. The molecule has 0 unspecified atom stereocenters. The molecule has 0 radical (unpaired) electrons. The van der Waals surface area contributed by atoms with E-state index >= 15 is 0 Å². The number of thiazole rings is 1. The Hall–Kier alpha value is -3.70. The number of hydrogen-bond acceptors (Lipinski definition) is 9. The molecule has 2 aromatic heterocycles. The number of nitrogens with zero attached hydrogens (tertiary/aromatic N) is 4. The second-order valence-electron chi connectivity index (χ2n) is 7.01. The van der Waals surface area contributed by atoms with Crippen molar-refractivity contribution >= 4 is 40.1 Å². The summed E-state index contributed by atoms with van der Waals surface area (Å²) in [7, 11) is 1.60. The highest BCUT2D eigenvalue weighted by Crippen LogP contribution is 2.27. The molecule has 4 rings (SSSR count). The molecule has 174 valence electrons. The summed E-state index contributed by atoms with van der Waals surface area (Å²) in [4.78, 5) is 29.0. The van der Waals surface area contributed by atoms with Crippen LogP contribution in [0.4, 0.5) is 5.13 Å². The molecule has 0 spiro atoms. The third-order valence-electron chi connectivity index (χ3n) is 4.79. The number of benzene rings is 2. The number of thioether (sulfide) groups is 1. The Balaban J connectivity index is 1.33. The number of aromatic nitrogens is 4. The number of ether oxygens (including phenoxy) is 2. The van der Waals surface area contributed by atoms with Gasteiger partial charge >= 0.3 is 5.97 Å². The molecular formula is C23H21N5O4S2. The lowest BCUT2D eigenvalue weighted by Gasteiger charge is -2.08. The van der Waals surface area contributed by atoms with Crippen LogP contribution >= 0.6 is 23.1 Å². The Morgan fingerprint density at radius 3 is 2.68 bits per heavy atom. The average molecular weight is 496 g/mol. The maximum Gasteiger partial charge on any atom is 0.338 e. The lowest BCUT2D eigenvalue weighted by molar-refractivity contribution is -0.119. The zero-order chi connectivity index (χ0) is 24.1. The molecule has 2 aromatic carbocycles. The van der Waals surface area contributed by atoms with Gasteiger partial charge in [0, 0.05) is 16.6 Å². The normalized spacial score (nSPS) is 10.7.